The number of hydrogen-bond donors (Lipinski definition) is 0. The van der Waals surface area contributed by atoms with Crippen LogP contribution in [0.15, 0.2) is 64.7 Å². The van der Waals surface area contributed by atoms with Crippen LogP contribution < -0.4 is 4.90 Å². The molecular weight excluding hydrogens is 402 g/mol. The van der Waals surface area contributed by atoms with Gasteiger partial charge < -0.3 is 14.2 Å². The number of benzene rings is 2. The summed E-state index contributed by atoms with van der Waals surface area (Å²) in [5, 5.41) is 0.556. The van der Waals surface area contributed by atoms with E-state index in [-0.39, 0.29) is 11.3 Å². The second kappa shape index (κ2) is 7.50. The number of halogens is 1. The van der Waals surface area contributed by atoms with E-state index >= 15 is 0 Å². The molecule has 0 aromatic heterocycles. The lowest BCUT2D eigenvalue weighted by molar-refractivity contribution is -0.142. The minimum Gasteiger partial charge on any atom is -0.466 e. The number of fused-ring (bicyclic) bond motifs is 3. The Morgan fingerprint density at radius 2 is 1.71 bits per heavy atom. The largest absolute Gasteiger partial charge is 0.466 e. The summed E-state index contributed by atoms with van der Waals surface area (Å²) in [6.45, 7) is 0. The number of carbonyl (C=O) groups is 2. The first-order valence-electron chi connectivity index (χ1n) is 8.41. The number of para-hydroxylation sites is 1. The Bertz CT molecular complexity index is 975. The van der Waals surface area contributed by atoms with E-state index in [2.05, 4.69) is 0 Å². The Labute approximate surface area is 171 Å². The average Bonchev–Trinajstić information content (AvgIpc) is 3.10. The van der Waals surface area contributed by atoms with E-state index in [1.807, 2.05) is 24.3 Å². The van der Waals surface area contributed by atoms with E-state index in [1.165, 1.54) is 26.0 Å². The summed E-state index contributed by atoms with van der Waals surface area (Å²) >= 11 is 7.46. The molecule has 2 aliphatic heterocycles. The van der Waals surface area contributed by atoms with Gasteiger partial charge in [0.15, 0.2) is 5.56 Å². The molecule has 0 N–H and O–H groups in total. The van der Waals surface area contributed by atoms with Gasteiger partial charge in [0.05, 0.1) is 19.9 Å². The SMILES string of the molecule is COC(=O)C1=C(C(=O)OC)N2c3ccccc3S[C@H]2O[C@@H]1c1ccc(Cl)cc1. The van der Waals surface area contributed by atoms with Crippen LogP contribution in [0.2, 0.25) is 5.02 Å². The van der Waals surface area contributed by atoms with Gasteiger partial charge in [0, 0.05) is 9.92 Å². The van der Waals surface area contributed by atoms with Crippen LogP contribution in [-0.4, -0.2) is 31.7 Å². The van der Waals surface area contributed by atoms with Gasteiger partial charge in [-0.2, -0.15) is 0 Å². The number of rotatable bonds is 3. The molecule has 0 saturated carbocycles. The molecular formula is C20H16ClNO5S. The van der Waals surface area contributed by atoms with Crippen LogP contribution in [0.1, 0.15) is 11.7 Å². The number of esters is 2. The third-order valence-electron chi connectivity index (χ3n) is 4.53. The smallest absolute Gasteiger partial charge is 0.355 e. The Kier molecular flexibility index (Phi) is 5.05. The topological polar surface area (TPSA) is 65.1 Å². The maximum Gasteiger partial charge on any atom is 0.355 e. The molecule has 2 aromatic rings. The van der Waals surface area contributed by atoms with E-state index in [9.17, 15) is 9.59 Å². The summed E-state index contributed by atoms with van der Waals surface area (Å²) < 4.78 is 16.2. The Morgan fingerprint density at radius 3 is 2.39 bits per heavy atom. The maximum absolute atomic E-state index is 12.8. The first kappa shape index (κ1) is 18.9. The summed E-state index contributed by atoms with van der Waals surface area (Å²) in [6, 6.07) is 14.5. The van der Waals surface area contributed by atoms with E-state index < -0.39 is 23.6 Å². The lowest BCUT2D eigenvalue weighted by Gasteiger charge is -2.37. The van der Waals surface area contributed by atoms with Gasteiger partial charge in [-0.1, -0.05) is 47.6 Å². The highest BCUT2D eigenvalue weighted by Gasteiger charge is 2.47. The highest BCUT2D eigenvalue weighted by Crippen LogP contribution is 2.52. The van der Waals surface area contributed by atoms with E-state index in [1.54, 1.807) is 29.2 Å². The molecule has 0 radical (unpaired) electrons. The zero-order chi connectivity index (χ0) is 19.8. The number of anilines is 1. The number of methoxy groups -OCH3 is 2. The van der Waals surface area contributed by atoms with Crippen molar-refractivity contribution in [3.05, 3.63) is 70.4 Å². The van der Waals surface area contributed by atoms with Gasteiger partial charge in [-0.3, -0.25) is 4.90 Å². The summed E-state index contributed by atoms with van der Waals surface area (Å²) in [5.74, 6) is -1.29. The summed E-state index contributed by atoms with van der Waals surface area (Å²) in [5.41, 5.74) is 1.13. The first-order chi connectivity index (χ1) is 13.5. The predicted molar refractivity (Wildman–Crippen MR) is 105 cm³/mol. The average molecular weight is 418 g/mol. The molecule has 2 aromatic carbocycles. The van der Waals surface area contributed by atoms with Gasteiger partial charge in [-0.25, -0.2) is 9.59 Å². The monoisotopic (exact) mass is 417 g/mol. The fourth-order valence-electron chi connectivity index (χ4n) is 3.29. The minimum atomic E-state index is -0.804. The van der Waals surface area contributed by atoms with Crippen LogP contribution in [0, 0.1) is 0 Å². The van der Waals surface area contributed by atoms with Gasteiger partial charge in [0.2, 0.25) is 0 Å². The van der Waals surface area contributed by atoms with E-state index in [4.69, 9.17) is 25.8 Å². The third kappa shape index (κ3) is 3.05. The number of carbonyl (C=O) groups excluding carboxylic acids is 2. The second-order valence-electron chi connectivity index (χ2n) is 6.08. The Balaban J connectivity index is 1.93. The Hall–Kier alpha value is -2.48. The zero-order valence-electron chi connectivity index (χ0n) is 15.0. The molecule has 0 unspecified atom stereocenters. The third-order valence-corrected chi connectivity index (χ3v) is 5.91. The van der Waals surface area contributed by atoms with Crippen molar-refractivity contribution >= 4 is 41.0 Å². The van der Waals surface area contributed by atoms with Gasteiger partial charge in [-0.05, 0) is 29.8 Å². The molecule has 0 fully saturated rings. The second-order valence-corrected chi connectivity index (χ2v) is 7.59. The van der Waals surface area contributed by atoms with Crippen molar-refractivity contribution in [2.75, 3.05) is 19.1 Å². The number of thioether (sulfide) groups is 1. The van der Waals surface area contributed by atoms with Crippen LogP contribution in [-0.2, 0) is 23.8 Å². The fourth-order valence-corrected chi connectivity index (χ4v) is 4.56. The first-order valence-corrected chi connectivity index (χ1v) is 9.67. The van der Waals surface area contributed by atoms with Crippen molar-refractivity contribution in [2.45, 2.75) is 16.6 Å². The highest BCUT2D eigenvalue weighted by atomic mass is 35.5. The molecule has 2 aliphatic rings. The lowest BCUT2D eigenvalue weighted by Crippen LogP contribution is -2.43. The molecule has 2 heterocycles. The standard InChI is InChI=1S/C20H16ClNO5S/c1-25-18(23)15-16(19(24)26-2)22-13-5-3-4-6-14(13)28-20(22)27-17(15)11-7-9-12(21)10-8-11/h3-10,17,20H,1-2H3/t17-,20-/m1/s1. The fraction of sp³-hybridized carbons (Fsp3) is 0.200. The van der Waals surface area contributed by atoms with Gasteiger partial charge in [-0.15, -0.1) is 0 Å². The van der Waals surface area contributed by atoms with Crippen molar-refractivity contribution in [3.8, 4) is 0 Å². The Morgan fingerprint density at radius 1 is 1.04 bits per heavy atom. The zero-order valence-corrected chi connectivity index (χ0v) is 16.6. The van der Waals surface area contributed by atoms with Crippen molar-refractivity contribution < 1.29 is 23.8 Å². The van der Waals surface area contributed by atoms with Crippen LogP contribution in [0.4, 0.5) is 5.69 Å². The van der Waals surface area contributed by atoms with Crippen LogP contribution in [0.5, 0.6) is 0 Å². The van der Waals surface area contributed by atoms with Crippen molar-refractivity contribution in [1.29, 1.82) is 0 Å². The van der Waals surface area contributed by atoms with Crippen LogP contribution in [0.25, 0.3) is 0 Å². The van der Waals surface area contributed by atoms with Crippen LogP contribution in [0.3, 0.4) is 0 Å². The summed E-state index contributed by atoms with van der Waals surface area (Å²) in [4.78, 5) is 28.1. The van der Waals surface area contributed by atoms with Crippen molar-refractivity contribution in [1.82, 2.24) is 0 Å². The molecule has 8 heteroatoms. The van der Waals surface area contributed by atoms with Gasteiger partial charge >= 0.3 is 11.9 Å². The molecule has 28 heavy (non-hydrogen) atoms. The van der Waals surface area contributed by atoms with Gasteiger partial charge in [0.25, 0.3) is 0 Å². The minimum absolute atomic E-state index is 0.0882. The van der Waals surface area contributed by atoms with Gasteiger partial charge in [0.1, 0.15) is 17.4 Å². The maximum atomic E-state index is 12.8. The molecule has 6 nitrogen and oxygen atoms in total. The van der Waals surface area contributed by atoms with Crippen molar-refractivity contribution in [3.63, 3.8) is 0 Å². The normalized spacial score (nSPS) is 20.5. The molecule has 0 amide bonds. The molecule has 0 aliphatic carbocycles. The number of ether oxygens (including phenoxy) is 3. The molecule has 2 atom stereocenters. The predicted octanol–water partition coefficient (Wildman–Crippen LogP) is 3.91. The van der Waals surface area contributed by atoms with Crippen molar-refractivity contribution in [2.24, 2.45) is 0 Å². The lowest BCUT2D eigenvalue weighted by atomic mass is 9.97. The highest BCUT2D eigenvalue weighted by molar-refractivity contribution is 8.00. The van der Waals surface area contributed by atoms with E-state index in [0.29, 0.717) is 10.6 Å². The number of hydrogen-bond acceptors (Lipinski definition) is 7. The molecule has 0 bridgehead atoms. The number of nitrogens with zero attached hydrogens (tertiary/aromatic N) is 1. The van der Waals surface area contributed by atoms with E-state index in [0.717, 1.165) is 10.6 Å². The molecule has 0 saturated heterocycles. The molecule has 144 valence electrons. The summed E-state index contributed by atoms with van der Waals surface area (Å²) in [6.07, 6.45) is -0.804. The molecule has 0 spiro atoms. The quantitative estimate of drug-likeness (QED) is 0.701. The molecule has 4 rings (SSSR count). The van der Waals surface area contributed by atoms with Crippen LogP contribution >= 0.6 is 23.4 Å². The summed E-state index contributed by atoms with van der Waals surface area (Å²) in [7, 11) is 2.54.